The highest BCUT2D eigenvalue weighted by molar-refractivity contribution is 4.91. The Morgan fingerprint density at radius 3 is 3.07 bits per heavy atom. The second-order valence-electron chi connectivity index (χ2n) is 3.63. The summed E-state index contributed by atoms with van der Waals surface area (Å²) in [5.74, 6) is 0. The maximum absolute atomic E-state index is 8.81. The second kappa shape index (κ2) is 5.97. The van der Waals surface area contributed by atoms with Crippen LogP contribution in [0.5, 0.6) is 0 Å². The average Bonchev–Trinajstić information content (AvgIpc) is 2.26. The number of nitriles is 1. The predicted molar refractivity (Wildman–Crippen MR) is 54.9 cm³/mol. The Morgan fingerprint density at radius 1 is 1.71 bits per heavy atom. The molecule has 0 amide bonds. The van der Waals surface area contributed by atoms with Crippen molar-refractivity contribution in [2.45, 2.75) is 25.5 Å². The first-order chi connectivity index (χ1) is 6.80. The van der Waals surface area contributed by atoms with Gasteiger partial charge in [0.25, 0.3) is 0 Å². The smallest absolute Gasteiger partial charge is 0.108 e. The molecular formula is C10H19N3O. The van der Waals surface area contributed by atoms with Gasteiger partial charge in [-0.2, -0.15) is 5.26 Å². The van der Waals surface area contributed by atoms with Crippen LogP contribution in [0, 0.1) is 11.3 Å². The first-order valence-corrected chi connectivity index (χ1v) is 5.21. The van der Waals surface area contributed by atoms with Gasteiger partial charge in [0.2, 0.25) is 0 Å². The minimum absolute atomic E-state index is 0.0643. The van der Waals surface area contributed by atoms with Gasteiger partial charge in [-0.05, 0) is 13.5 Å². The molecule has 4 nitrogen and oxygen atoms in total. The highest BCUT2D eigenvalue weighted by atomic mass is 16.5. The van der Waals surface area contributed by atoms with Crippen molar-refractivity contribution in [1.82, 2.24) is 10.2 Å². The van der Waals surface area contributed by atoms with E-state index in [0.29, 0.717) is 6.10 Å². The molecule has 0 spiro atoms. The second-order valence-corrected chi connectivity index (χ2v) is 3.63. The summed E-state index contributed by atoms with van der Waals surface area (Å²) in [6, 6.07) is 2.17. The molecule has 14 heavy (non-hydrogen) atoms. The van der Waals surface area contributed by atoms with Crippen molar-refractivity contribution in [2.24, 2.45) is 0 Å². The molecular weight excluding hydrogens is 178 g/mol. The van der Waals surface area contributed by atoms with Crippen molar-refractivity contribution >= 4 is 0 Å². The van der Waals surface area contributed by atoms with E-state index < -0.39 is 0 Å². The van der Waals surface area contributed by atoms with Crippen molar-refractivity contribution in [3.8, 4) is 6.07 Å². The first kappa shape index (κ1) is 11.4. The van der Waals surface area contributed by atoms with Gasteiger partial charge in [-0.3, -0.25) is 4.90 Å². The molecule has 0 aliphatic carbocycles. The molecule has 0 radical (unpaired) electrons. The lowest BCUT2D eigenvalue weighted by atomic mass is 10.2. The van der Waals surface area contributed by atoms with Gasteiger partial charge in [-0.25, -0.2) is 0 Å². The van der Waals surface area contributed by atoms with Crippen LogP contribution in [-0.2, 0) is 4.74 Å². The van der Waals surface area contributed by atoms with Gasteiger partial charge in [0.1, 0.15) is 6.04 Å². The van der Waals surface area contributed by atoms with Gasteiger partial charge >= 0.3 is 0 Å². The van der Waals surface area contributed by atoms with E-state index in [-0.39, 0.29) is 6.04 Å². The average molecular weight is 197 g/mol. The normalized spacial score (nSPS) is 25.6. The minimum Gasteiger partial charge on any atom is -0.376 e. The fraction of sp³-hybridized carbons (Fsp3) is 0.900. The Morgan fingerprint density at radius 2 is 2.50 bits per heavy atom. The van der Waals surface area contributed by atoms with E-state index in [1.165, 1.54) is 0 Å². The van der Waals surface area contributed by atoms with Gasteiger partial charge in [0.05, 0.1) is 18.8 Å². The van der Waals surface area contributed by atoms with Gasteiger partial charge in [-0.15, -0.1) is 0 Å². The Bertz CT molecular complexity index is 202. The summed E-state index contributed by atoms with van der Waals surface area (Å²) in [6.07, 6.45) is 1.40. The van der Waals surface area contributed by atoms with Crippen molar-refractivity contribution < 1.29 is 4.74 Å². The third-order valence-corrected chi connectivity index (χ3v) is 2.62. The number of hydrogen-bond donors (Lipinski definition) is 1. The molecule has 0 aromatic rings. The van der Waals surface area contributed by atoms with Crippen molar-refractivity contribution in [3.05, 3.63) is 0 Å². The van der Waals surface area contributed by atoms with Crippen LogP contribution in [0.2, 0.25) is 0 Å². The topological polar surface area (TPSA) is 48.3 Å². The molecule has 1 aliphatic heterocycles. The molecule has 0 saturated carbocycles. The van der Waals surface area contributed by atoms with Crippen molar-refractivity contribution in [2.75, 3.05) is 33.3 Å². The Labute approximate surface area is 85.8 Å². The molecule has 2 atom stereocenters. The third-order valence-electron chi connectivity index (χ3n) is 2.62. The molecule has 1 saturated heterocycles. The lowest BCUT2D eigenvalue weighted by Crippen LogP contribution is -2.47. The molecule has 2 unspecified atom stereocenters. The number of likely N-dealkylation sites (N-methyl/N-ethyl adjacent to an activating group) is 1. The number of nitrogens with zero attached hydrogens (tertiary/aromatic N) is 2. The lowest BCUT2D eigenvalue weighted by molar-refractivity contribution is -0.0305. The zero-order valence-corrected chi connectivity index (χ0v) is 8.99. The fourth-order valence-electron chi connectivity index (χ4n) is 1.65. The van der Waals surface area contributed by atoms with Crippen LogP contribution in [0.25, 0.3) is 0 Å². The summed E-state index contributed by atoms with van der Waals surface area (Å²) in [4.78, 5) is 2.29. The largest absolute Gasteiger partial charge is 0.376 e. The number of ether oxygens (including phenoxy) is 1. The van der Waals surface area contributed by atoms with Crippen LogP contribution in [0.3, 0.4) is 0 Å². The quantitative estimate of drug-likeness (QED) is 0.700. The van der Waals surface area contributed by atoms with Crippen LogP contribution in [-0.4, -0.2) is 50.3 Å². The van der Waals surface area contributed by atoms with E-state index in [2.05, 4.69) is 23.2 Å². The molecule has 1 fully saturated rings. The van der Waals surface area contributed by atoms with Crippen molar-refractivity contribution in [1.29, 1.82) is 5.26 Å². The van der Waals surface area contributed by atoms with Crippen LogP contribution in [0.4, 0.5) is 0 Å². The van der Waals surface area contributed by atoms with Gasteiger partial charge < -0.3 is 10.1 Å². The van der Waals surface area contributed by atoms with E-state index in [0.717, 1.165) is 32.7 Å². The zero-order chi connectivity index (χ0) is 10.4. The molecule has 1 rings (SSSR count). The number of hydrogen-bond acceptors (Lipinski definition) is 4. The van der Waals surface area contributed by atoms with E-state index in [1.54, 1.807) is 0 Å². The first-order valence-electron chi connectivity index (χ1n) is 5.21. The Hall–Kier alpha value is -0.630. The molecule has 0 bridgehead atoms. The molecule has 4 heteroatoms. The molecule has 1 aliphatic rings. The highest BCUT2D eigenvalue weighted by Crippen LogP contribution is 2.08. The van der Waals surface area contributed by atoms with Crippen molar-refractivity contribution in [3.63, 3.8) is 0 Å². The fourth-order valence-corrected chi connectivity index (χ4v) is 1.65. The minimum atomic E-state index is -0.0643. The maximum atomic E-state index is 8.81. The molecule has 1 heterocycles. The summed E-state index contributed by atoms with van der Waals surface area (Å²) in [7, 11) is 1.83. The van der Waals surface area contributed by atoms with Crippen LogP contribution in [0.15, 0.2) is 0 Å². The zero-order valence-electron chi connectivity index (χ0n) is 8.99. The predicted octanol–water partition coefficient (Wildman–Crippen LogP) is 0.209. The molecule has 1 N–H and O–H groups in total. The van der Waals surface area contributed by atoms with E-state index >= 15 is 0 Å². The Kier molecular flexibility index (Phi) is 4.88. The van der Waals surface area contributed by atoms with Gasteiger partial charge in [-0.1, -0.05) is 6.92 Å². The Balaban J connectivity index is 2.33. The number of morpholine rings is 1. The van der Waals surface area contributed by atoms with Gasteiger partial charge in [0, 0.05) is 19.6 Å². The summed E-state index contributed by atoms with van der Waals surface area (Å²) in [5.41, 5.74) is 0. The number of nitrogens with one attached hydrogen (secondary N) is 1. The standard InChI is InChI=1S/C10H19N3O/c1-3-10-8-13(4-5-14-10)7-9(6-11)12-2/h9-10,12H,3-5,7-8H2,1-2H3. The number of rotatable bonds is 4. The summed E-state index contributed by atoms with van der Waals surface area (Å²) in [6.45, 7) is 5.62. The summed E-state index contributed by atoms with van der Waals surface area (Å²) < 4.78 is 5.56. The molecule has 0 aromatic carbocycles. The summed E-state index contributed by atoms with van der Waals surface area (Å²) in [5, 5.41) is 11.8. The van der Waals surface area contributed by atoms with E-state index in [9.17, 15) is 0 Å². The monoisotopic (exact) mass is 197 g/mol. The highest BCUT2D eigenvalue weighted by Gasteiger charge is 2.20. The molecule has 80 valence electrons. The van der Waals surface area contributed by atoms with Gasteiger partial charge in [0.15, 0.2) is 0 Å². The van der Waals surface area contributed by atoms with Crippen LogP contribution in [0.1, 0.15) is 13.3 Å². The van der Waals surface area contributed by atoms with Crippen LogP contribution >= 0.6 is 0 Å². The summed E-state index contributed by atoms with van der Waals surface area (Å²) >= 11 is 0. The maximum Gasteiger partial charge on any atom is 0.108 e. The van der Waals surface area contributed by atoms with Crippen LogP contribution < -0.4 is 5.32 Å². The molecule has 0 aromatic heterocycles. The van der Waals surface area contributed by atoms with E-state index in [4.69, 9.17) is 10.00 Å². The third kappa shape index (κ3) is 3.26. The lowest BCUT2D eigenvalue weighted by Gasteiger charge is -2.33. The SMILES string of the molecule is CCC1CN(CC(C#N)NC)CCO1. The van der Waals surface area contributed by atoms with E-state index in [1.807, 2.05) is 7.05 Å².